The number of nitriles is 1. The maximum Gasteiger partial charge on any atom is 0.167 e. The summed E-state index contributed by atoms with van der Waals surface area (Å²) in [5.41, 5.74) is 13.8. The molecule has 276 valence electrons. The highest BCUT2D eigenvalue weighted by molar-refractivity contribution is 6.13. The van der Waals surface area contributed by atoms with E-state index >= 15 is 0 Å². The minimum absolute atomic E-state index is 0.503. The molecule has 3 aromatic heterocycles. The molecule has 11 rings (SSSR count). The van der Waals surface area contributed by atoms with E-state index in [2.05, 4.69) is 97.9 Å². The molecule has 0 aliphatic carbocycles. The van der Waals surface area contributed by atoms with Gasteiger partial charge in [-0.25, -0.2) is 15.0 Å². The van der Waals surface area contributed by atoms with Gasteiger partial charge in [-0.1, -0.05) is 133 Å². The number of para-hydroxylation sites is 1. The smallest absolute Gasteiger partial charge is 0.167 e. The van der Waals surface area contributed by atoms with Gasteiger partial charge in [-0.05, 0) is 88.8 Å². The maximum absolute atomic E-state index is 9.47. The summed E-state index contributed by atoms with van der Waals surface area (Å²) < 4.78 is 13.1. The first kappa shape index (κ1) is 34.1. The molecule has 0 aliphatic heterocycles. The highest BCUT2D eigenvalue weighted by Gasteiger charge is 2.20. The maximum atomic E-state index is 9.47. The number of benzene rings is 8. The molecule has 0 spiro atoms. The molecular formula is C53H32N4O2. The van der Waals surface area contributed by atoms with Crippen molar-refractivity contribution in [3.63, 3.8) is 0 Å². The Balaban J connectivity index is 1.04. The lowest BCUT2D eigenvalue weighted by atomic mass is 9.96. The third-order valence-corrected chi connectivity index (χ3v) is 11.1. The van der Waals surface area contributed by atoms with Gasteiger partial charge < -0.3 is 8.83 Å². The topological polar surface area (TPSA) is 88.7 Å². The van der Waals surface area contributed by atoms with Crippen LogP contribution in [0.25, 0.3) is 111 Å². The van der Waals surface area contributed by atoms with Gasteiger partial charge in [0.25, 0.3) is 0 Å². The van der Waals surface area contributed by atoms with Crippen LogP contribution in [-0.4, -0.2) is 15.0 Å². The van der Waals surface area contributed by atoms with Gasteiger partial charge >= 0.3 is 0 Å². The number of furan rings is 2. The average Bonchev–Trinajstić information content (AvgIpc) is 3.87. The van der Waals surface area contributed by atoms with Crippen LogP contribution >= 0.6 is 0 Å². The first-order valence-electron chi connectivity index (χ1n) is 19.5. The highest BCUT2D eigenvalue weighted by Crippen LogP contribution is 2.40. The van der Waals surface area contributed by atoms with Gasteiger partial charge in [0, 0.05) is 32.7 Å². The van der Waals surface area contributed by atoms with Crippen LogP contribution in [0.5, 0.6) is 0 Å². The molecule has 0 aliphatic rings. The predicted octanol–water partition coefficient (Wildman–Crippen LogP) is 13.9. The Labute approximate surface area is 339 Å². The van der Waals surface area contributed by atoms with Crippen LogP contribution in [-0.2, 0) is 0 Å². The molecule has 6 heteroatoms. The van der Waals surface area contributed by atoms with Crippen LogP contribution in [0.3, 0.4) is 0 Å². The van der Waals surface area contributed by atoms with Crippen molar-refractivity contribution in [2.75, 3.05) is 0 Å². The Morgan fingerprint density at radius 2 is 1.05 bits per heavy atom. The SMILES string of the molecule is Cc1ccc2oc3c(-c4nc(-c5ccc(-c6cccc(C#N)c6)cc5)nc(-c5ccc6c(c5)oc5cccc(-c7ccc(-c8ccccc8)cc7)c56)n4)cccc3c2c1. The summed E-state index contributed by atoms with van der Waals surface area (Å²) >= 11 is 0. The van der Waals surface area contributed by atoms with Crippen LogP contribution in [0.2, 0.25) is 0 Å². The Hall–Kier alpha value is -8.14. The van der Waals surface area contributed by atoms with Gasteiger partial charge in [-0.3, -0.25) is 0 Å². The van der Waals surface area contributed by atoms with Crippen molar-refractivity contribution < 1.29 is 8.83 Å². The number of hydrogen-bond donors (Lipinski definition) is 0. The van der Waals surface area contributed by atoms with Gasteiger partial charge in [0.1, 0.15) is 22.3 Å². The van der Waals surface area contributed by atoms with Crippen LogP contribution in [0, 0.1) is 18.3 Å². The van der Waals surface area contributed by atoms with Gasteiger partial charge in [-0.2, -0.15) is 5.26 Å². The average molecular weight is 757 g/mol. The lowest BCUT2D eigenvalue weighted by molar-refractivity contribution is 0.668. The molecule has 0 saturated carbocycles. The largest absolute Gasteiger partial charge is 0.456 e. The van der Waals surface area contributed by atoms with E-state index in [9.17, 15) is 5.26 Å². The Morgan fingerprint density at radius 1 is 0.407 bits per heavy atom. The minimum atomic E-state index is 0.503. The molecule has 0 amide bonds. The Kier molecular flexibility index (Phi) is 7.99. The summed E-state index contributed by atoms with van der Waals surface area (Å²) in [6, 6.07) is 61.8. The van der Waals surface area contributed by atoms with E-state index in [0.29, 0.717) is 23.0 Å². The summed E-state index contributed by atoms with van der Waals surface area (Å²) in [6.07, 6.45) is 0. The van der Waals surface area contributed by atoms with Crippen LogP contribution in [0.4, 0.5) is 0 Å². The number of hydrogen-bond acceptors (Lipinski definition) is 6. The summed E-state index contributed by atoms with van der Waals surface area (Å²) in [6.45, 7) is 2.08. The second kappa shape index (κ2) is 13.8. The lowest BCUT2D eigenvalue weighted by Crippen LogP contribution is -2.00. The number of aryl methyl sites for hydroxylation is 1. The molecule has 0 radical (unpaired) electrons. The second-order valence-electron chi connectivity index (χ2n) is 14.8. The highest BCUT2D eigenvalue weighted by atomic mass is 16.3. The zero-order valence-corrected chi connectivity index (χ0v) is 31.8. The monoisotopic (exact) mass is 756 g/mol. The van der Waals surface area contributed by atoms with Gasteiger partial charge in [0.15, 0.2) is 17.5 Å². The fourth-order valence-corrected chi connectivity index (χ4v) is 8.10. The van der Waals surface area contributed by atoms with Crippen LogP contribution in [0.1, 0.15) is 11.1 Å². The van der Waals surface area contributed by atoms with Crippen LogP contribution in [0.15, 0.2) is 185 Å². The molecule has 3 heterocycles. The van der Waals surface area contributed by atoms with E-state index in [-0.39, 0.29) is 0 Å². The molecule has 0 bridgehead atoms. The molecule has 0 unspecified atom stereocenters. The van der Waals surface area contributed by atoms with Gasteiger partial charge in [0.2, 0.25) is 0 Å². The van der Waals surface area contributed by atoms with Crippen molar-refractivity contribution in [1.29, 1.82) is 5.26 Å². The second-order valence-corrected chi connectivity index (χ2v) is 14.8. The number of fused-ring (bicyclic) bond motifs is 6. The van der Waals surface area contributed by atoms with Gasteiger partial charge in [-0.15, -0.1) is 0 Å². The zero-order chi connectivity index (χ0) is 39.5. The van der Waals surface area contributed by atoms with E-state index in [1.165, 1.54) is 11.1 Å². The van der Waals surface area contributed by atoms with Crippen molar-refractivity contribution in [2.24, 2.45) is 0 Å². The van der Waals surface area contributed by atoms with Crippen molar-refractivity contribution >= 4 is 43.9 Å². The standard InChI is InChI=1S/C53H32N4O2/c1-32-16-27-46-45(28-32)42-13-6-14-44(50(42)59-46)53-56-51(38-23-19-36(20-24-38)39-11-5-8-33(29-39)31-54)55-52(57-53)40-25-26-43-48(30-40)58-47-15-7-12-41(49(43)47)37-21-17-35(18-22-37)34-9-3-2-4-10-34/h2-30H,1H3. The summed E-state index contributed by atoms with van der Waals surface area (Å²) in [4.78, 5) is 15.3. The van der Waals surface area contributed by atoms with Crippen LogP contribution < -0.4 is 0 Å². The number of aromatic nitrogens is 3. The minimum Gasteiger partial charge on any atom is -0.456 e. The molecule has 0 atom stereocenters. The fourth-order valence-electron chi connectivity index (χ4n) is 8.10. The van der Waals surface area contributed by atoms with Gasteiger partial charge in [0.05, 0.1) is 17.2 Å². The van der Waals surface area contributed by atoms with E-state index in [1.54, 1.807) is 0 Å². The molecule has 59 heavy (non-hydrogen) atoms. The summed E-state index contributed by atoms with van der Waals surface area (Å²) in [7, 11) is 0. The fraction of sp³-hybridized carbons (Fsp3) is 0.0189. The van der Waals surface area contributed by atoms with E-state index in [4.69, 9.17) is 23.8 Å². The molecule has 6 nitrogen and oxygen atoms in total. The van der Waals surface area contributed by atoms with Crippen molar-refractivity contribution in [3.05, 3.63) is 187 Å². The third-order valence-electron chi connectivity index (χ3n) is 11.1. The molecule has 0 N–H and O–H groups in total. The van der Waals surface area contributed by atoms with E-state index < -0.39 is 0 Å². The van der Waals surface area contributed by atoms with Crippen molar-refractivity contribution in [1.82, 2.24) is 15.0 Å². The first-order chi connectivity index (χ1) is 29.1. The Bertz CT molecular complexity index is 3450. The molecule has 0 saturated heterocycles. The molecule has 11 aromatic rings. The number of nitrogens with zero attached hydrogens (tertiary/aromatic N) is 4. The molecule has 0 fully saturated rings. The van der Waals surface area contributed by atoms with Crippen molar-refractivity contribution in [3.8, 4) is 73.6 Å². The predicted molar refractivity (Wildman–Crippen MR) is 236 cm³/mol. The quantitative estimate of drug-likeness (QED) is 0.168. The van der Waals surface area contributed by atoms with E-state index in [0.717, 1.165) is 88.4 Å². The lowest BCUT2D eigenvalue weighted by Gasteiger charge is -2.10. The summed E-state index contributed by atoms with van der Waals surface area (Å²) in [5, 5.41) is 13.6. The van der Waals surface area contributed by atoms with Crippen molar-refractivity contribution in [2.45, 2.75) is 6.92 Å². The normalized spacial score (nSPS) is 11.5. The Morgan fingerprint density at radius 3 is 1.86 bits per heavy atom. The molecular weight excluding hydrogens is 725 g/mol. The third kappa shape index (κ3) is 6.01. The summed E-state index contributed by atoms with van der Waals surface area (Å²) in [5.74, 6) is 1.54. The number of rotatable bonds is 6. The first-order valence-corrected chi connectivity index (χ1v) is 19.5. The zero-order valence-electron chi connectivity index (χ0n) is 31.8. The van der Waals surface area contributed by atoms with E-state index in [1.807, 2.05) is 91.0 Å². The molecule has 8 aromatic carbocycles.